The van der Waals surface area contributed by atoms with E-state index >= 15 is 0 Å². The third kappa shape index (κ3) is 4.56. The molecule has 0 aliphatic heterocycles. The number of rotatable bonds is 3. The van der Waals surface area contributed by atoms with Crippen LogP contribution in [0.15, 0.2) is 34.9 Å². The molecule has 5 heteroatoms. The Hall–Kier alpha value is -2.74. The van der Waals surface area contributed by atoms with Gasteiger partial charge in [0.25, 0.3) is 0 Å². The van der Waals surface area contributed by atoms with Gasteiger partial charge in [0.05, 0.1) is 0 Å². The van der Waals surface area contributed by atoms with E-state index in [9.17, 15) is 18.4 Å². The maximum absolute atomic E-state index is 14.7. The van der Waals surface area contributed by atoms with Crippen molar-refractivity contribution in [1.82, 2.24) is 0 Å². The molecule has 5 rings (SSSR count). The molecule has 0 saturated heterocycles. The summed E-state index contributed by atoms with van der Waals surface area (Å²) in [6, 6.07) is 2.98. The second kappa shape index (κ2) is 10.3. The van der Waals surface area contributed by atoms with Gasteiger partial charge in [-0.2, -0.15) is 0 Å². The van der Waals surface area contributed by atoms with Gasteiger partial charge in [-0.1, -0.05) is 19.4 Å². The lowest BCUT2D eigenvalue weighted by Crippen LogP contribution is -2.46. The summed E-state index contributed by atoms with van der Waals surface area (Å²) in [5.41, 5.74) is 4.10. The van der Waals surface area contributed by atoms with E-state index in [4.69, 9.17) is 4.74 Å². The van der Waals surface area contributed by atoms with Crippen LogP contribution in [0.3, 0.4) is 0 Å². The number of ketones is 1. The predicted octanol–water partition coefficient (Wildman–Crippen LogP) is 7.13. The summed E-state index contributed by atoms with van der Waals surface area (Å²) in [5, 5.41) is 0. The molecular weight excluding hydrogens is 458 g/mol. The number of esters is 1. The van der Waals surface area contributed by atoms with Crippen molar-refractivity contribution in [1.29, 1.82) is 0 Å². The van der Waals surface area contributed by atoms with Crippen molar-refractivity contribution >= 4 is 11.8 Å². The standard InChI is InChI=1S/C28H32F2O3.C3H4/c1-4-26(32)33-25-10-9-22-20-7-5-16-11-18(31)6-8-19(16)27(20)21(14-28(22,25)3)17-12-23(29)15(2)24(30)13-17;1-3-2/h11-13,20-22,25H,4-10,14H2,1-3H3;1H,2H3. The number of carbonyl (C=O) groups is 2. The van der Waals surface area contributed by atoms with Crippen molar-refractivity contribution in [3.05, 3.63) is 57.7 Å². The quantitative estimate of drug-likeness (QED) is 0.331. The largest absolute Gasteiger partial charge is 0.462 e. The summed E-state index contributed by atoms with van der Waals surface area (Å²) in [4.78, 5) is 24.3. The molecule has 1 aromatic rings. The van der Waals surface area contributed by atoms with Crippen LogP contribution in [-0.4, -0.2) is 17.9 Å². The first-order valence-electron chi connectivity index (χ1n) is 13.1. The molecule has 0 heterocycles. The Labute approximate surface area is 213 Å². The topological polar surface area (TPSA) is 43.4 Å². The Bertz CT molecular complexity index is 1150. The first-order valence-corrected chi connectivity index (χ1v) is 13.1. The Morgan fingerprint density at radius 2 is 1.83 bits per heavy atom. The predicted molar refractivity (Wildman–Crippen MR) is 136 cm³/mol. The van der Waals surface area contributed by atoms with Gasteiger partial charge in [0.1, 0.15) is 17.7 Å². The van der Waals surface area contributed by atoms with E-state index in [-0.39, 0.29) is 40.7 Å². The van der Waals surface area contributed by atoms with E-state index in [0.29, 0.717) is 37.2 Å². The molecular formula is C31H36F2O3. The van der Waals surface area contributed by atoms with Crippen LogP contribution < -0.4 is 0 Å². The van der Waals surface area contributed by atoms with E-state index in [1.165, 1.54) is 30.2 Å². The van der Waals surface area contributed by atoms with E-state index in [1.54, 1.807) is 19.9 Å². The van der Waals surface area contributed by atoms with Gasteiger partial charge in [-0.05, 0) is 99.1 Å². The van der Waals surface area contributed by atoms with Gasteiger partial charge in [-0.25, -0.2) is 8.78 Å². The maximum Gasteiger partial charge on any atom is 0.305 e. The average Bonchev–Trinajstić information content (AvgIpc) is 3.17. The molecule has 2 fully saturated rings. The molecule has 1 aromatic carbocycles. The Morgan fingerprint density at radius 3 is 2.47 bits per heavy atom. The Balaban J connectivity index is 0.000000967. The highest BCUT2D eigenvalue weighted by Crippen LogP contribution is 2.64. The summed E-state index contributed by atoms with van der Waals surface area (Å²) in [7, 11) is 0. The van der Waals surface area contributed by atoms with Crippen LogP contribution >= 0.6 is 0 Å². The molecule has 0 N–H and O–H groups in total. The average molecular weight is 495 g/mol. The van der Waals surface area contributed by atoms with Crippen LogP contribution in [0.2, 0.25) is 0 Å². The molecule has 192 valence electrons. The minimum Gasteiger partial charge on any atom is -0.462 e. The summed E-state index contributed by atoms with van der Waals surface area (Å²) < 4.78 is 35.3. The van der Waals surface area contributed by atoms with Gasteiger partial charge in [0, 0.05) is 29.7 Å². The lowest BCUT2D eigenvalue weighted by Gasteiger charge is -2.52. The van der Waals surface area contributed by atoms with Crippen LogP contribution in [0, 0.1) is 48.2 Å². The van der Waals surface area contributed by atoms with Crippen LogP contribution in [0.5, 0.6) is 0 Å². The first-order chi connectivity index (χ1) is 17.1. The van der Waals surface area contributed by atoms with Crippen LogP contribution in [0.25, 0.3) is 0 Å². The number of halogens is 2. The molecule has 0 bridgehead atoms. The van der Waals surface area contributed by atoms with Crippen molar-refractivity contribution in [2.24, 2.45) is 17.3 Å². The molecule has 3 nitrogen and oxygen atoms in total. The summed E-state index contributed by atoms with van der Waals surface area (Å²) in [6.07, 6.45) is 12.1. The molecule has 4 aliphatic rings. The fourth-order valence-electron chi connectivity index (χ4n) is 7.21. The van der Waals surface area contributed by atoms with Crippen molar-refractivity contribution in [2.45, 2.75) is 91.1 Å². The molecule has 0 amide bonds. The number of carbonyl (C=O) groups excluding carboxylic acids is 2. The number of hydrogen-bond donors (Lipinski definition) is 0. The number of ether oxygens (including phenoxy) is 1. The van der Waals surface area contributed by atoms with Crippen molar-refractivity contribution in [3.8, 4) is 12.3 Å². The number of hydrogen-bond acceptors (Lipinski definition) is 3. The highest BCUT2D eigenvalue weighted by molar-refractivity contribution is 5.93. The zero-order valence-corrected chi connectivity index (χ0v) is 21.8. The first kappa shape index (κ1) is 26.3. The van der Waals surface area contributed by atoms with E-state index in [0.717, 1.165) is 31.3 Å². The zero-order valence-electron chi connectivity index (χ0n) is 21.8. The minimum atomic E-state index is -0.523. The summed E-state index contributed by atoms with van der Waals surface area (Å²) in [5.74, 6) is 1.70. The van der Waals surface area contributed by atoms with Crippen molar-refractivity contribution in [3.63, 3.8) is 0 Å². The van der Waals surface area contributed by atoms with Gasteiger partial charge < -0.3 is 4.74 Å². The molecule has 0 spiro atoms. The van der Waals surface area contributed by atoms with Gasteiger partial charge in [0.2, 0.25) is 0 Å². The molecule has 0 aromatic heterocycles. The lowest BCUT2D eigenvalue weighted by molar-refractivity contribution is -0.156. The van der Waals surface area contributed by atoms with Crippen LogP contribution in [0.4, 0.5) is 8.78 Å². The van der Waals surface area contributed by atoms with Crippen LogP contribution in [-0.2, 0) is 14.3 Å². The van der Waals surface area contributed by atoms with Crippen molar-refractivity contribution in [2.75, 3.05) is 0 Å². The smallest absolute Gasteiger partial charge is 0.305 e. The third-order valence-electron chi connectivity index (χ3n) is 8.91. The molecule has 5 atom stereocenters. The fraction of sp³-hybridized carbons (Fsp3) is 0.548. The lowest BCUT2D eigenvalue weighted by atomic mass is 9.53. The number of benzene rings is 1. The monoisotopic (exact) mass is 494 g/mol. The van der Waals surface area contributed by atoms with Gasteiger partial charge >= 0.3 is 5.97 Å². The minimum absolute atomic E-state index is 0.0379. The Kier molecular flexibility index (Phi) is 7.55. The van der Waals surface area contributed by atoms with E-state index in [1.807, 2.05) is 0 Å². The second-order valence-corrected chi connectivity index (χ2v) is 10.9. The summed E-state index contributed by atoms with van der Waals surface area (Å²) in [6.45, 7) is 7.13. The molecule has 2 saturated carbocycles. The maximum atomic E-state index is 14.7. The highest BCUT2D eigenvalue weighted by atomic mass is 19.1. The highest BCUT2D eigenvalue weighted by Gasteiger charge is 2.58. The molecule has 5 unspecified atom stereocenters. The number of allylic oxidation sites excluding steroid dienone is 4. The third-order valence-corrected chi connectivity index (χ3v) is 8.91. The van der Waals surface area contributed by atoms with E-state index in [2.05, 4.69) is 19.3 Å². The fourth-order valence-corrected chi connectivity index (χ4v) is 7.21. The molecule has 4 aliphatic carbocycles. The summed E-state index contributed by atoms with van der Waals surface area (Å²) >= 11 is 0. The number of fused-ring (bicyclic) bond motifs is 4. The van der Waals surface area contributed by atoms with Crippen LogP contribution in [0.1, 0.15) is 89.2 Å². The van der Waals surface area contributed by atoms with E-state index < -0.39 is 11.6 Å². The van der Waals surface area contributed by atoms with Gasteiger partial charge in [0.15, 0.2) is 5.78 Å². The molecule has 0 radical (unpaired) electrons. The number of terminal acetylenes is 1. The second-order valence-electron chi connectivity index (χ2n) is 10.9. The SMILES string of the molecule is C#CC.CCC(=O)OC1CCC2C3CCC4=CC(=O)CCC4=C3C(c3cc(F)c(C)c(F)c3)CC12C. The van der Waals surface area contributed by atoms with Gasteiger partial charge in [-0.3, -0.25) is 9.59 Å². The van der Waals surface area contributed by atoms with Crippen molar-refractivity contribution < 1.29 is 23.1 Å². The molecule has 36 heavy (non-hydrogen) atoms. The normalized spacial score (nSPS) is 30.7. The Morgan fingerprint density at radius 1 is 1.17 bits per heavy atom. The van der Waals surface area contributed by atoms with Gasteiger partial charge in [-0.15, -0.1) is 12.3 Å². The zero-order chi connectivity index (χ0) is 26.2.